The lowest BCUT2D eigenvalue weighted by Gasteiger charge is -2.25. The van der Waals surface area contributed by atoms with Crippen molar-refractivity contribution in [2.24, 2.45) is 0 Å². The van der Waals surface area contributed by atoms with Crippen molar-refractivity contribution < 1.29 is 8.42 Å². The van der Waals surface area contributed by atoms with Gasteiger partial charge < -0.3 is 10.6 Å². The van der Waals surface area contributed by atoms with Crippen LogP contribution in [0.5, 0.6) is 0 Å². The Labute approximate surface area is 99.1 Å². The van der Waals surface area contributed by atoms with Gasteiger partial charge in [0.25, 0.3) is 0 Å². The number of rotatable bonds is 4. The third kappa shape index (κ3) is 5.82. The van der Waals surface area contributed by atoms with Crippen LogP contribution in [0, 0.1) is 0 Å². The first-order valence-corrected chi connectivity index (χ1v) is 7.79. The van der Waals surface area contributed by atoms with E-state index < -0.39 is 9.84 Å². The van der Waals surface area contributed by atoms with Gasteiger partial charge in [-0.15, -0.1) is 0 Å². The van der Waals surface area contributed by atoms with Crippen LogP contribution in [0.3, 0.4) is 0 Å². The van der Waals surface area contributed by atoms with Crippen LogP contribution < -0.4 is 10.6 Å². The molecule has 0 bridgehead atoms. The van der Waals surface area contributed by atoms with E-state index in [0.717, 1.165) is 25.9 Å². The van der Waals surface area contributed by atoms with E-state index in [-0.39, 0.29) is 11.6 Å². The summed E-state index contributed by atoms with van der Waals surface area (Å²) in [5.41, 5.74) is 0.125. The molecule has 0 spiro atoms. The molecule has 16 heavy (non-hydrogen) atoms. The van der Waals surface area contributed by atoms with E-state index in [1.165, 1.54) is 0 Å². The predicted octanol–water partition coefficient (Wildman–Crippen LogP) is 0.541. The highest BCUT2D eigenvalue weighted by Crippen LogP contribution is 2.11. The van der Waals surface area contributed by atoms with Gasteiger partial charge >= 0.3 is 0 Å². The summed E-state index contributed by atoms with van der Waals surface area (Å²) < 4.78 is 22.8. The molecule has 0 aromatic carbocycles. The molecule has 1 aliphatic rings. The third-order valence-corrected chi connectivity index (χ3v) is 4.50. The Morgan fingerprint density at radius 3 is 2.50 bits per heavy atom. The number of nitrogens with one attached hydrogen (secondary N) is 2. The minimum Gasteiger partial charge on any atom is -0.312 e. The maximum atomic E-state index is 11.4. The molecular formula is C11H24N2O2S. The van der Waals surface area contributed by atoms with Gasteiger partial charge in [0.05, 0.1) is 11.5 Å². The van der Waals surface area contributed by atoms with Gasteiger partial charge in [-0.1, -0.05) is 0 Å². The first-order chi connectivity index (χ1) is 7.29. The molecule has 1 rings (SSSR count). The van der Waals surface area contributed by atoms with Gasteiger partial charge in [0.1, 0.15) is 0 Å². The van der Waals surface area contributed by atoms with Crippen LogP contribution in [0.25, 0.3) is 0 Å². The Hall–Kier alpha value is -0.130. The van der Waals surface area contributed by atoms with Crippen molar-refractivity contribution in [3.63, 3.8) is 0 Å². The Kier molecular flexibility index (Phi) is 4.76. The highest BCUT2D eigenvalue weighted by Gasteiger charge is 2.23. The van der Waals surface area contributed by atoms with Crippen LogP contribution in [-0.4, -0.2) is 44.6 Å². The smallest absolute Gasteiger partial charge is 0.151 e. The fourth-order valence-corrected chi connectivity index (χ4v) is 3.57. The van der Waals surface area contributed by atoms with Crippen molar-refractivity contribution in [2.45, 2.75) is 45.2 Å². The van der Waals surface area contributed by atoms with Crippen molar-refractivity contribution in [3.05, 3.63) is 0 Å². The highest BCUT2D eigenvalue weighted by molar-refractivity contribution is 7.91. The molecule has 0 amide bonds. The van der Waals surface area contributed by atoms with Crippen molar-refractivity contribution >= 4 is 9.84 Å². The minimum absolute atomic E-state index is 0.125. The van der Waals surface area contributed by atoms with Crippen LogP contribution in [0.15, 0.2) is 0 Å². The van der Waals surface area contributed by atoms with Crippen molar-refractivity contribution in [1.29, 1.82) is 0 Å². The first-order valence-electron chi connectivity index (χ1n) is 5.97. The number of hydrogen-bond acceptors (Lipinski definition) is 4. The molecule has 0 aromatic heterocycles. The van der Waals surface area contributed by atoms with Gasteiger partial charge in [-0.3, -0.25) is 0 Å². The molecule has 96 valence electrons. The molecular weight excluding hydrogens is 224 g/mol. The summed E-state index contributed by atoms with van der Waals surface area (Å²) in [6.45, 7) is 8.08. The largest absolute Gasteiger partial charge is 0.312 e. The van der Waals surface area contributed by atoms with E-state index in [0.29, 0.717) is 11.5 Å². The summed E-state index contributed by atoms with van der Waals surface area (Å²) in [7, 11) is -2.78. The molecule has 5 heteroatoms. The monoisotopic (exact) mass is 248 g/mol. The second-order valence-electron chi connectivity index (χ2n) is 5.58. The average molecular weight is 248 g/mol. The van der Waals surface area contributed by atoms with Crippen LogP contribution in [0.1, 0.15) is 33.6 Å². The summed E-state index contributed by atoms with van der Waals surface area (Å²) >= 11 is 0. The summed E-state index contributed by atoms with van der Waals surface area (Å²) in [6.07, 6.45) is 1.78. The van der Waals surface area contributed by atoms with Gasteiger partial charge in [0.15, 0.2) is 9.84 Å². The molecule has 2 N–H and O–H groups in total. The van der Waals surface area contributed by atoms with Gasteiger partial charge in [0, 0.05) is 24.7 Å². The topological polar surface area (TPSA) is 58.2 Å². The summed E-state index contributed by atoms with van der Waals surface area (Å²) in [4.78, 5) is 0. The number of sulfone groups is 1. The highest BCUT2D eigenvalue weighted by atomic mass is 32.2. The third-order valence-electron chi connectivity index (χ3n) is 2.68. The summed E-state index contributed by atoms with van der Waals surface area (Å²) in [5.74, 6) is 0.675. The molecule has 1 atom stereocenters. The summed E-state index contributed by atoms with van der Waals surface area (Å²) in [5, 5.41) is 6.68. The zero-order valence-electron chi connectivity index (χ0n) is 10.5. The van der Waals surface area contributed by atoms with Crippen LogP contribution >= 0.6 is 0 Å². The molecule has 0 radical (unpaired) electrons. The average Bonchev–Trinajstić information content (AvgIpc) is 2.09. The molecule has 1 heterocycles. The first kappa shape index (κ1) is 13.9. The minimum atomic E-state index is -2.78. The summed E-state index contributed by atoms with van der Waals surface area (Å²) in [6, 6.07) is 0.153. The molecule has 1 fully saturated rings. The molecule has 0 saturated carbocycles. The lowest BCUT2D eigenvalue weighted by molar-refractivity contribution is 0.405. The Morgan fingerprint density at radius 1 is 1.25 bits per heavy atom. The van der Waals surface area contributed by atoms with Crippen molar-refractivity contribution in [2.75, 3.05) is 24.6 Å². The predicted molar refractivity (Wildman–Crippen MR) is 67.4 cm³/mol. The Bertz CT molecular complexity index is 306. The van der Waals surface area contributed by atoms with E-state index in [2.05, 4.69) is 31.4 Å². The quantitative estimate of drug-likeness (QED) is 0.713. The standard InChI is InChI=1S/C11H24N2O2S/c1-11(2,3)13-7-6-12-10-5-4-8-16(14,15)9-10/h10,12-13H,4-9H2,1-3H3. The van der Waals surface area contributed by atoms with E-state index in [4.69, 9.17) is 0 Å². The second kappa shape index (κ2) is 5.47. The maximum absolute atomic E-state index is 11.4. The molecule has 0 aliphatic carbocycles. The van der Waals surface area contributed by atoms with Gasteiger partial charge in [-0.2, -0.15) is 0 Å². The fraction of sp³-hybridized carbons (Fsp3) is 1.00. The van der Waals surface area contributed by atoms with E-state index in [9.17, 15) is 8.42 Å². The fourth-order valence-electron chi connectivity index (χ4n) is 1.90. The van der Waals surface area contributed by atoms with Gasteiger partial charge in [-0.25, -0.2) is 8.42 Å². The Morgan fingerprint density at radius 2 is 1.94 bits per heavy atom. The Balaban J connectivity index is 2.18. The second-order valence-corrected chi connectivity index (χ2v) is 7.81. The molecule has 1 saturated heterocycles. The van der Waals surface area contributed by atoms with Crippen molar-refractivity contribution in [3.8, 4) is 0 Å². The van der Waals surface area contributed by atoms with E-state index in [1.54, 1.807) is 0 Å². The molecule has 0 aromatic rings. The maximum Gasteiger partial charge on any atom is 0.151 e. The molecule has 4 nitrogen and oxygen atoms in total. The normalized spacial score (nSPS) is 25.6. The van der Waals surface area contributed by atoms with Crippen LogP contribution in [0.4, 0.5) is 0 Å². The van der Waals surface area contributed by atoms with Gasteiger partial charge in [-0.05, 0) is 33.6 Å². The van der Waals surface area contributed by atoms with E-state index >= 15 is 0 Å². The van der Waals surface area contributed by atoms with E-state index in [1.807, 2.05) is 0 Å². The van der Waals surface area contributed by atoms with Crippen molar-refractivity contribution in [1.82, 2.24) is 10.6 Å². The lowest BCUT2D eigenvalue weighted by Crippen LogP contribution is -2.45. The SMILES string of the molecule is CC(C)(C)NCCNC1CCCS(=O)(=O)C1. The van der Waals surface area contributed by atoms with Crippen LogP contribution in [0.2, 0.25) is 0 Å². The zero-order chi connectivity index (χ0) is 12.2. The molecule has 1 unspecified atom stereocenters. The lowest BCUT2D eigenvalue weighted by atomic mass is 10.1. The van der Waals surface area contributed by atoms with Gasteiger partial charge in [0.2, 0.25) is 0 Å². The number of hydrogen-bond donors (Lipinski definition) is 2. The molecule has 1 aliphatic heterocycles. The van der Waals surface area contributed by atoms with Crippen LogP contribution in [-0.2, 0) is 9.84 Å². The zero-order valence-corrected chi connectivity index (χ0v) is 11.4.